The SMILES string of the molecule is CC(C)(Oc1ccc(F)cc1)C(=O)OCC(=O)N1CCC(c2ccccc2)=N1. The van der Waals surface area contributed by atoms with Crippen LogP contribution in [0.4, 0.5) is 4.39 Å². The maximum absolute atomic E-state index is 13.0. The second kappa shape index (κ2) is 8.21. The van der Waals surface area contributed by atoms with Crippen LogP contribution in [0.25, 0.3) is 0 Å². The molecule has 6 nitrogen and oxygen atoms in total. The summed E-state index contributed by atoms with van der Waals surface area (Å²) in [5, 5.41) is 5.63. The second-order valence-electron chi connectivity index (χ2n) is 6.82. The van der Waals surface area contributed by atoms with Gasteiger partial charge < -0.3 is 9.47 Å². The lowest BCUT2D eigenvalue weighted by molar-refractivity contribution is -0.163. The fourth-order valence-corrected chi connectivity index (χ4v) is 2.69. The van der Waals surface area contributed by atoms with Crippen molar-refractivity contribution in [2.45, 2.75) is 25.9 Å². The Morgan fingerprint density at radius 1 is 1.11 bits per heavy atom. The van der Waals surface area contributed by atoms with Gasteiger partial charge in [0.2, 0.25) is 0 Å². The minimum Gasteiger partial charge on any atom is -0.476 e. The van der Waals surface area contributed by atoms with Crippen LogP contribution < -0.4 is 4.74 Å². The standard InChI is InChI=1S/C21H21FN2O4/c1-21(2,28-17-10-8-16(22)9-11-17)20(26)27-14-19(25)24-13-12-18(23-24)15-6-4-3-5-7-15/h3-11H,12-14H2,1-2H3. The van der Waals surface area contributed by atoms with Gasteiger partial charge in [-0.15, -0.1) is 0 Å². The molecule has 0 unspecified atom stereocenters. The maximum Gasteiger partial charge on any atom is 0.350 e. The van der Waals surface area contributed by atoms with Gasteiger partial charge in [-0.1, -0.05) is 30.3 Å². The molecular weight excluding hydrogens is 363 g/mol. The van der Waals surface area contributed by atoms with E-state index in [1.165, 1.54) is 43.1 Å². The smallest absolute Gasteiger partial charge is 0.350 e. The summed E-state index contributed by atoms with van der Waals surface area (Å²) in [6.45, 7) is 3.05. The molecule has 0 N–H and O–H groups in total. The lowest BCUT2D eigenvalue weighted by atomic mass is 10.1. The number of hydrogen-bond acceptors (Lipinski definition) is 5. The highest BCUT2D eigenvalue weighted by atomic mass is 19.1. The molecule has 1 amide bonds. The Balaban J connectivity index is 1.54. The summed E-state index contributed by atoms with van der Waals surface area (Å²) in [6.07, 6.45) is 0.642. The Morgan fingerprint density at radius 3 is 2.46 bits per heavy atom. The number of halogens is 1. The number of carbonyl (C=O) groups is 2. The third-order valence-corrected chi connectivity index (χ3v) is 4.20. The molecule has 2 aromatic carbocycles. The molecule has 0 fully saturated rings. The van der Waals surface area contributed by atoms with Crippen molar-refractivity contribution in [3.05, 3.63) is 66.0 Å². The van der Waals surface area contributed by atoms with E-state index in [-0.39, 0.29) is 0 Å². The summed E-state index contributed by atoms with van der Waals surface area (Å²) in [7, 11) is 0. The molecule has 0 saturated heterocycles. The topological polar surface area (TPSA) is 68.2 Å². The summed E-state index contributed by atoms with van der Waals surface area (Å²) < 4.78 is 23.6. The van der Waals surface area contributed by atoms with E-state index in [2.05, 4.69) is 5.10 Å². The van der Waals surface area contributed by atoms with E-state index < -0.39 is 29.9 Å². The lowest BCUT2D eigenvalue weighted by Crippen LogP contribution is -2.41. The molecule has 0 bridgehead atoms. The van der Waals surface area contributed by atoms with Crippen LogP contribution in [0.2, 0.25) is 0 Å². The van der Waals surface area contributed by atoms with Crippen LogP contribution in [0.3, 0.4) is 0 Å². The number of rotatable bonds is 6. The molecule has 0 aliphatic carbocycles. The lowest BCUT2D eigenvalue weighted by Gasteiger charge is -2.24. The van der Waals surface area contributed by atoms with Gasteiger partial charge in [-0.25, -0.2) is 14.2 Å². The molecule has 28 heavy (non-hydrogen) atoms. The van der Waals surface area contributed by atoms with Crippen LogP contribution in [0.1, 0.15) is 25.8 Å². The minimum atomic E-state index is -1.33. The normalized spacial score (nSPS) is 13.8. The van der Waals surface area contributed by atoms with Crippen molar-refractivity contribution in [1.29, 1.82) is 0 Å². The van der Waals surface area contributed by atoms with E-state index in [1.807, 2.05) is 30.3 Å². The van der Waals surface area contributed by atoms with Crippen LogP contribution in [0.5, 0.6) is 5.75 Å². The molecule has 0 radical (unpaired) electrons. The predicted molar refractivity (Wildman–Crippen MR) is 101 cm³/mol. The summed E-state index contributed by atoms with van der Waals surface area (Å²) in [5.41, 5.74) is 0.450. The number of amides is 1. The molecule has 146 valence electrons. The van der Waals surface area contributed by atoms with E-state index in [9.17, 15) is 14.0 Å². The van der Waals surface area contributed by atoms with Crippen molar-refractivity contribution < 1.29 is 23.5 Å². The van der Waals surface area contributed by atoms with Crippen molar-refractivity contribution in [3.63, 3.8) is 0 Å². The Kier molecular flexibility index (Phi) is 5.73. The van der Waals surface area contributed by atoms with Gasteiger partial charge in [-0.2, -0.15) is 5.10 Å². The molecule has 2 aromatic rings. The molecule has 1 heterocycles. The van der Waals surface area contributed by atoms with Gasteiger partial charge in [0.1, 0.15) is 11.6 Å². The number of ether oxygens (including phenoxy) is 2. The van der Waals surface area contributed by atoms with Gasteiger partial charge in [-0.05, 0) is 43.7 Å². The highest BCUT2D eigenvalue weighted by molar-refractivity contribution is 6.02. The fraction of sp³-hybridized carbons (Fsp3) is 0.286. The first kappa shape index (κ1) is 19.5. The number of nitrogens with zero attached hydrogens (tertiary/aromatic N) is 2. The zero-order valence-corrected chi connectivity index (χ0v) is 15.7. The van der Waals surface area contributed by atoms with Gasteiger partial charge in [0.05, 0.1) is 12.3 Å². The van der Waals surface area contributed by atoms with Crippen LogP contribution in [-0.2, 0) is 14.3 Å². The number of benzene rings is 2. The Labute approximate surface area is 162 Å². The zero-order valence-electron chi connectivity index (χ0n) is 15.7. The minimum absolute atomic E-state index is 0.325. The Hall–Kier alpha value is -3.22. The quantitative estimate of drug-likeness (QED) is 0.718. The third-order valence-electron chi connectivity index (χ3n) is 4.20. The molecule has 7 heteroatoms. The molecular formula is C21H21FN2O4. The molecule has 0 saturated carbocycles. The van der Waals surface area contributed by atoms with E-state index in [1.54, 1.807) is 0 Å². The predicted octanol–water partition coefficient (Wildman–Crippen LogP) is 3.16. The maximum atomic E-state index is 13.0. The fourth-order valence-electron chi connectivity index (χ4n) is 2.69. The summed E-state index contributed by atoms with van der Waals surface area (Å²) >= 11 is 0. The van der Waals surface area contributed by atoms with Gasteiger partial charge in [0, 0.05) is 6.42 Å². The molecule has 0 atom stereocenters. The van der Waals surface area contributed by atoms with Gasteiger partial charge >= 0.3 is 5.97 Å². The number of hydrogen-bond donors (Lipinski definition) is 0. The monoisotopic (exact) mass is 384 g/mol. The second-order valence-corrected chi connectivity index (χ2v) is 6.82. The number of esters is 1. The van der Waals surface area contributed by atoms with Gasteiger partial charge in [-0.3, -0.25) is 4.79 Å². The van der Waals surface area contributed by atoms with Gasteiger partial charge in [0.25, 0.3) is 5.91 Å². The van der Waals surface area contributed by atoms with Crippen LogP contribution in [-0.4, -0.2) is 41.3 Å². The summed E-state index contributed by atoms with van der Waals surface area (Å²) in [6, 6.07) is 14.9. The average Bonchev–Trinajstić information content (AvgIpc) is 3.18. The largest absolute Gasteiger partial charge is 0.476 e. The van der Waals surface area contributed by atoms with Crippen molar-refractivity contribution in [3.8, 4) is 5.75 Å². The first-order valence-corrected chi connectivity index (χ1v) is 8.90. The van der Waals surface area contributed by atoms with E-state index in [0.717, 1.165) is 11.3 Å². The number of carbonyl (C=O) groups excluding carboxylic acids is 2. The average molecular weight is 384 g/mol. The third kappa shape index (κ3) is 4.73. The highest BCUT2D eigenvalue weighted by Gasteiger charge is 2.33. The number of hydrazone groups is 1. The molecule has 0 aromatic heterocycles. The first-order chi connectivity index (χ1) is 13.3. The van der Waals surface area contributed by atoms with Crippen molar-refractivity contribution in [2.24, 2.45) is 5.10 Å². The van der Waals surface area contributed by atoms with Crippen LogP contribution in [0, 0.1) is 5.82 Å². The van der Waals surface area contributed by atoms with E-state index in [0.29, 0.717) is 18.7 Å². The Bertz CT molecular complexity index is 879. The van der Waals surface area contributed by atoms with Crippen molar-refractivity contribution in [1.82, 2.24) is 5.01 Å². The van der Waals surface area contributed by atoms with Crippen molar-refractivity contribution in [2.75, 3.05) is 13.2 Å². The van der Waals surface area contributed by atoms with E-state index in [4.69, 9.17) is 9.47 Å². The molecule has 1 aliphatic rings. The zero-order chi connectivity index (χ0) is 20.1. The molecule has 3 rings (SSSR count). The van der Waals surface area contributed by atoms with Crippen LogP contribution in [0.15, 0.2) is 59.7 Å². The van der Waals surface area contributed by atoms with E-state index >= 15 is 0 Å². The Morgan fingerprint density at radius 2 is 1.79 bits per heavy atom. The van der Waals surface area contributed by atoms with Crippen LogP contribution >= 0.6 is 0 Å². The summed E-state index contributed by atoms with van der Waals surface area (Å²) in [5.74, 6) is -1.18. The summed E-state index contributed by atoms with van der Waals surface area (Å²) in [4.78, 5) is 24.6. The highest BCUT2D eigenvalue weighted by Crippen LogP contribution is 2.20. The van der Waals surface area contributed by atoms with Gasteiger partial charge in [0.15, 0.2) is 12.2 Å². The van der Waals surface area contributed by atoms with Crippen molar-refractivity contribution >= 4 is 17.6 Å². The molecule has 1 aliphatic heterocycles. The first-order valence-electron chi connectivity index (χ1n) is 8.90. The molecule has 0 spiro atoms.